The molecular formula is C66H58N4OPt. The Morgan fingerprint density at radius 2 is 1.17 bits per heavy atom. The molecule has 0 bridgehead atoms. The molecule has 0 unspecified atom stereocenters. The second kappa shape index (κ2) is 17.5. The Morgan fingerprint density at radius 1 is 0.556 bits per heavy atom. The van der Waals surface area contributed by atoms with Crippen molar-refractivity contribution in [2.75, 3.05) is 0 Å². The van der Waals surface area contributed by atoms with Gasteiger partial charge in [-0.15, -0.1) is 0 Å². The maximum atomic E-state index is 9.21. The van der Waals surface area contributed by atoms with Crippen molar-refractivity contribution in [2.24, 2.45) is 0 Å². The van der Waals surface area contributed by atoms with Gasteiger partial charge in [-0.05, 0) is 23.5 Å². The number of para-hydroxylation sites is 4. The van der Waals surface area contributed by atoms with Crippen molar-refractivity contribution in [3.63, 3.8) is 0 Å². The molecule has 0 aliphatic heterocycles. The van der Waals surface area contributed by atoms with Gasteiger partial charge in [0.2, 0.25) is 0 Å². The molecule has 3 aromatic heterocycles. The van der Waals surface area contributed by atoms with Crippen molar-refractivity contribution in [3.8, 4) is 62.1 Å². The maximum absolute atomic E-state index is 9.21. The van der Waals surface area contributed by atoms with Crippen LogP contribution in [0.2, 0.25) is 0 Å². The summed E-state index contributed by atoms with van der Waals surface area (Å²) in [5.41, 5.74) is 9.90. The van der Waals surface area contributed by atoms with Gasteiger partial charge < -0.3 is 0 Å². The van der Waals surface area contributed by atoms with Gasteiger partial charge >= 0.3 is 373 Å². The minimum atomic E-state index is -0.559. The standard InChI is InChI=1S/C66H58N4O.Pt/c1-64(2,3)46-35-38-67-61(39-46)70-56-32-15-14-27-51(56)53-41-54(52-30-20-31-55-62(52)66(6,7)37-36-65(55,4)5)60(42-59(53)70)71-48-26-18-25-47(40-48)68-43-69(58-34-17-16-33-57(58)68)63-49(44-21-10-8-11-22-44)28-19-29-50(63)45-23-12-9-13-24-45;/h8-35,38-42H,36-37H2,1-7H3;/i8D,9D,10D,11D,12D,13D,21D,22D,23D,24D;. The van der Waals surface area contributed by atoms with E-state index >= 15 is 0 Å². The molecule has 12 rings (SSSR count). The second-order valence-electron chi connectivity index (χ2n) is 21.1. The zero-order chi connectivity index (χ0) is 58.2. The van der Waals surface area contributed by atoms with E-state index in [0.717, 1.165) is 57.2 Å². The summed E-state index contributed by atoms with van der Waals surface area (Å²) in [7, 11) is 0. The second-order valence-corrected chi connectivity index (χ2v) is 22.1. The van der Waals surface area contributed by atoms with Gasteiger partial charge in [-0.2, -0.15) is 0 Å². The molecule has 0 spiro atoms. The van der Waals surface area contributed by atoms with Gasteiger partial charge in [0.25, 0.3) is 0 Å². The van der Waals surface area contributed by atoms with Gasteiger partial charge in [-0.3, -0.25) is 0 Å². The van der Waals surface area contributed by atoms with Crippen LogP contribution in [0.4, 0.5) is 0 Å². The van der Waals surface area contributed by atoms with Crippen LogP contribution in [0, 0.1) is 3.80 Å². The van der Waals surface area contributed by atoms with Gasteiger partial charge in [0.15, 0.2) is 0 Å². The fourth-order valence-corrected chi connectivity index (χ4v) is 11.9. The molecule has 5 nitrogen and oxygen atoms in total. The molecule has 358 valence electrons. The van der Waals surface area contributed by atoms with E-state index in [2.05, 4.69) is 139 Å². The summed E-state index contributed by atoms with van der Waals surface area (Å²) in [5.74, 6) is 1.98. The van der Waals surface area contributed by atoms with Crippen molar-refractivity contribution < 1.29 is 37.8 Å². The average molecular weight is 1130 g/mol. The van der Waals surface area contributed by atoms with Crippen LogP contribution >= 0.6 is 0 Å². The molecule has 0 N–H and O–H groups in total. The number of ether oxygens (including phenoxy) is 1. The third-order valence-electron chi connectivity index (χ3n) is 14.6. The summed E-state index contributed by atoms with van der Waals surface area (Å²) in [6, 6.07) is 39.1. The number of rotatable bonds is 8. The first-order valence-electron chi connectivity index (χ1n) is 29.3. The number of benzene rings is 8. The van der Waals surface area contributed by atoms with Crippen LogP contribution in [0.25, 0.3) is 83.4 Å². The molecule has 0 saturated heterocycles. The molecule has 72 heavy (non-hydrogen) atoms. The summed E-state index contributed by atoms with van der Waals surface area (Å²) in [6.45, 7) is 16.0. The number of pyridine rings is 1. The molecule has 1 aliphatic rings. The Balaban J connectivity index is 1.11. The van der Waals surface area contributed by atoms with Crippen LogP contribution in [0.5, 0.6) is 11.5 Å². The fourth-order valence-electron chi connectivity index (χ4n) is 10.8. The predicted octanol–water partition coefficient (Wildman–Crippen LogP) is 17.4. The Bertz CT molecular complexity index is 4440. The Kier molecular flexibility index (Phi) is 8.66. The molecule has 0 saturated carbocycles. The van der Waals surface area contributed by atoms with E-state index in [1.54, 1.807) is 18.2 Å². The number of nitrogens with zero attached hydrogens (tertiary/aromatic N) is 4. The molecule has 3 heterocycles. The summed E-state index contributed by atoms with van der Waals surface area (Å²) in [5, 5.41) is 2.15. The quantitative estimate of drug-likeness (QED) is 0.152. The molecular weight excluding hydrogens is 1060 g/mol. The first-order chi connectivity index (χ1) is 38.9. The van der Waals surface area contributed by atoms with E-state index in [0.29, 0.717) is 32.0 Å². The first-order valence-corrected chi connectivity index (χ1v) is 25.5. The molecule has 0 atom stereocenters. The number of imidazole rings is 1. The van der Waals surface area contributed by atoms with E-state index < -0.39 is 60.4 Å². The number of fused-ring (bicyclic) bond motifs is 5. The normalized spacial score (nSPS) is 16.2. The molecule has 8 aromatic carbocycles. The molecule has 0 radical (unpaired) electrons. The van der Waals surface area contributed by atoms with E-state index in [1.807, 2.05) is 63.9 Å². The molecule has 0 fully saturated rings. The average Bonchev–Trinajstić information content (AvgIpc) is 2.35. The van der Waals surface area contributed by atoms with Crippen molar-refractivity contribution >= 4 is 32.8 Å². The van der Waals surface area contributed by atoms with Crippen molar-refractivity contribution in [2.45, 2.75) is 77.6 Å². The molecule has 6 heteroatoms. The number of hydrogen-bond acceptors (Lipinski definition) is 2. The van der Waals surface area contributed by atoms with E-state index in [1.165, 1.54) is 11.1 Å². The van der Waals surface area contributed by atoms with Crippen LogP contribution < -0.4 is 4.74 Å². The summed E-state index contributed by atoms with van der Waals surface area (Å²) < 4.78 is 103. The van der Waals surface area contributed by atoms with Gasteiger partial charge in [-0.1, -0.05) is 46.8 Å². The zero-order valence-electron chi connectivity index (χ0n) is 51.2. The third kappa shape index (κ3) is 7.72. The minimum absolute atomic E-state index is 0.0572. The van der Waals surface area contributed by atoms with Crippen molar-refractivity contribution in [3.05, 3.63) is 221 Å². The molecule has 0 amide bonds. The van der Waals surface area contributed by atoms with Crippen molar-refractivity contribution in [1.82, 2.24) is 18.7 Å². The molecule has 1 aliphatic carbocycles. The summed E-state index contributed by atoms with van der Waals surface area (Å²) >= 11 is 2.21. The van der Waals surface area contributed by atoms with Crippen LogP contribution in [0.15, 0.2) is 200 Å². The Morgan fingerprint density at radius 3 is 1.86 bits per heavy atom. The summed E-state index contributed by atoms with van der Waals surface area (Å²) in [6.07, 6.45) is 3.95. The van der Waals surface area contributed by atoms with Gasteiger partial charge in [0.05, 0.1) is 0 Å². The van der Waals surface area contributed by atoms with Crippen LogP contribution in [-0.2, 0) is 35.6 Å². The van der Waals surface area contributed by atoms with Gasteiger partial charge in [0.1, 0.15) is 0 Å². The SMILES string of the molecule is [2H]c1c([2H])c([2H])c(-c2cccc(-c3c([2H])c([2H])c([2H])c([2H])c3[2H])c2-n2[c](=[Pt])n(-c3cccc(Oc4cc5c(cc4-c4cccc6c4C(C)(C)CCC6(C)C)c4ccccc4n5-c4cc(C(C)(C)C)ccn4)c3)c3ccccc32)c([2H])c1[2H]. The van der Waals surface area contributed by atoms with E-state index in [4.69, 9.17) is 17.9 Å². The topological polar surface area (TPSA) is 36.9 Å². The Hall–Kier alpha value is -7.33. The van der Waals surface area contributed by atoms with Crippen molar-refractivity contribution in [1.29, 1.82) is 0 Å². The number of aromatic nitrogens is 4. The Labute approximate surface area is 447 Å². The summed E-state index contributed by atoms with van der Waals surface area (Å²) in [4.78, 5) is 5.00. The first kappa shape index (κ1) is 35.7. The predicted molar refractivity (Wildman–Crippen MR) is 295 cm³/mol. The zero-order valence-corrected chi connectivity index (χ0v) is 43.5. The van der Waals surface area contributed by atoms with E-state index in [9.17, 15) is 5.48 Å². The van der Waals surface area contributed by atoms with Crippen LogP contribution in [0.3, 0.4) is 0 Å². The third-order valence-corrected chi connectivity index (χ3v) is 15.6. The molecule has 11 aromatic rings. The van der Waals surface area contributed by atoms with Crippen LogP contribution in [0.1, 0.15) is 91.7 Å². The van der Waals surface area contributed by atoms with Gasteiger partial charge in [-0.25, -0.2) is 0 Å². The van der Waals surface area contributed by atoms with Gasteiger partial charge in [0, 0.05) is 6.20 Å². The van der Waals surface area contributed by atoms with E-state index in [-0.39, 0.29) is 44.2 Å². The fraction of sp³-hybridized carbons (Fsp3) is 0.182. The van der Waals surface area contributed by atoms with Crippen LogP contribution in [-0.4, -0.2) is 18.7 Å². The number of hydrogen-bond donors (Lipinski definition) is 0. The monoisotopic (exact) mass is 1130 g/mol.